The van der Waals surface area contributed by atoms with E-state index in [1.54, 1.807) is 12.1 Å². The van der Waals surface area contributed by atoms with Crippen LogP contribution in [0, 0.1) is 6.92 Å². The molecule has 7 nitrogen and oxygen atoms in total. The van der Waals surface area contributed by atoms with Crippen molar-refractivity contribution in [3.63, 3.8) is 0 Å². The molecule has 1 heterocycles. The van der Waals surface area contributed by atoms with Crippen LogP contribution in [0.1, 0.15) is 29.8 Å². The minimum Gasteiger partial charge on any atom is -0.264 e. The summed E-state index contributed by atoms with van der Waals surface area (Å²) in [6.45, 7) is 1.87. The largest absolute Gasteiger partial charge is 0.358 e. The van der Waals surface area contributed by atoms with E-state index in [-0.39, 0.29) is 4.90 Å². The van der Waals surface area contributed by atoms with Gasteiger partial charge in [0, 0.05) is 0 Å². The Balaban J connectivity index is 1.85. The van der Waals surface area contributed by atoms with E-state index in [1.165, 1.54) is 12.1 Å². The predicted octanol–water partition coefficient (Wildman–Crippen LogP) is 1.82. The molecular weight excluding hydrogens is 294 g/mol. The number of hydrogen-bond donors (Lipinski definition) is 0. The second-order valence-corrected chi connectivity index (χ2v) is 6.32. The second kappa shape index (κ2) is 5.28. The monoisotopic (exact) mass is 307 g/mol. The topological polar surface area (TPSA) is 94.7 Å². The molecular formula is C13H13N3O4S. The third-order valence-electron chi connectivity index (χ3n) is 3.21. The van der Waals surface area contributed by atoms with Gasteiger partial charge in [-0.15, -0.1) is 0 Å². The van der Waals surface area contributed by atoms with Crippen LogP contribution >= 0.6 is 0 Å². The van der Waals surface area contributed by atoms with Crippen LogP contribution in [0.2, 0.25) is 0 Å². The van der Waals surface area contributed by atoms with Gasteiger partial charge in [0.2, 0.25) is 0 Å². The van der Waals surface area contributed by atoms with Crippen molar-refractivity contribution < 1.29 is 17.3 Å². The molecule has 2 aromatic rings. The second-order valence-electron chi connectivity index (χ2n) is 4.79. The summed E-state index contributed by atoms with van der Waals surface area (Å²) in [5, 5.41) is 11.2. The zero-order valence-electron chi connectivity index (χ0n) is 11.3. The molecule has 0 aliphatic heterocycles. The molecule has 0 saturated heterocycles. The van der Waals surface area contributed by atoms with Crippen molar-refractivity contribution in [2.24, 2.45) is 5.16 Å². The van der Waals surface area contributed by atoms with Gasteiger partial charge in [-0.2, -0.15) is 8.42 Å². The molecule has 1 aromatic carbocycles. The smallest absolute Gasteiger partial charge is 0.264 e. The molecule has 0 bridgehead atoms. The van der Waals surface area contributed by atoms with E-state index in [0.29, 0.717) is 23.5 Å². The van der Waals surface area contributed by atoms with Crippen molar-refractivity contribution >= 4 is 15.8 Å². The summed E-state index contributed by atoms with van der Waals surface area (Å²) in [6, 6.07) is 6.36. The zero-order chi connectivity index (χ0) is 14.9. The highest BCUT2D eigenvalue weighted by atomic mass is 32.2. The Morgan fingerprint density at radius 1 is 1.19 bits per heavy atom. The highest BCUT2D eigenvalue weighted by molar-refractivity contribution is 7.86. The summed E-state index contributed by atoms with van der Waals surface area (Å²) in [7, 11) is -3.93. The van der Waals surface area contributed by atoms with Crippen molar-refractivity contribution in [3.8, 4) is 0 Å². The number of nitrogens with zero attached hydrogens (tertiary/aromatic N) is 3. The Morgan fingerprint density at radius 2 is 1.95 bits per heavy atom. The fraction of sp³-hybridized carbons (Fsp3) is 0.308. The van der Waals surface area contributed by atoms with Gasteiger partial charge >= 0.3 is 10.1 Å². The quantitative estimate of drug-likeness (QED) is 0.803. The fourth-order valence-corrected chi connectivity index (χ4v) is 2.81. The molecule has 110 valence electrons. The zero-order valence-corrected chi connectivity index (χ0v) is 12.1. The average molecular weight is 307 g/mol. The predicted molar refractivity (Wildman–Crippen MR) is 73.2 cm³/mol. The molecule has 0 amide bonds. The van der Waals surface area contributed by atoms with Crippen LogP contribution in [0.15, 0.2) is 38.9 Å². The Kier molecular flexibility index (Phi) is 3.46. The number of hydrogen-bond acceptors (Lipinski definition) is 7. The van der Waals surface area contributed by atoms with Gasteiger partial charge in [0.25, 0.3) is 0 Å². The van der Waals surface area contributed by atoms with Crippen molar-refractivity contribution in [1.82, 2.24) is 10.3 Å². The molecule has 0 atom stereocenters. The number of benzene rings is 1. The number of aryl methyl sites for hydroxylation is 2. The maximum Gasteiger partial charge on any atom is 0.358 e. The first-order valence-electron chi connectivity index (χ1n) is 6.45. The van der Waals surface area contributed by atoms with Gasteiger partial charge in [0.1, 0.15) is 16.3 Å². The van der Waals surface area contributed by atoms with Crippen LogP contribution < -0.4 is 0 Å². The van der Waals surface area contributed by atoms with E-state index in [2.05, 4.69) is 20.1 Å². The van der Waals surface area contributed by atoms with Gasteiger partial charge in [0.05, 0.1) is 0 Å². The van der Waals surface area contributed by atoms with E-state index in [1.807, 2.05) is 6.92 Å². The first-order chi connectivity index (χ1) is 10.1. The van der Waals surface area contributed by atoms with E-state index in [9.17, 15) is 8.42 Å². The maximum atomic E-state index is 12.0. The van der Waals surface area contributed by atoms with Crippen molar-refractivity contribution in [2.45, 2.75) is 31.1 Å². The summed E-state index contributed by atoms with van der Waals surface area (Å²) in [5.74, 6) is 0. The molecule has 8 heteroatoms. The normalized spacial score (nSPS) is 16.7. The van der Waals surface area contributed by atoms with Gasteiger partial charge in [-0.3, -0.25) is 4.28 Å². The van der Waals surface area contributed by atoms with Crippen LogP contribution in [-0.4, -0.2) is 24.4 Å². The Hall–Kier alpha value is -2.22. The minimum atomic E-state index is -3.93. The molecule has 1 aromatic heterocycles. The third kappa shape index (κ3) is 2.80. The molecule has 1 aliphatic rings. The molecule has 0 fully saturated rings. The molecule has 0 radical (unpaired) electrons. The van der Waals surface area contributed by atoms with Gasteiger partial charge in [-0.05, 0) is 43.5 Å². The van der Waals surface area contributed by atoms with Crippen molar-refractivity contribution in [1.29, 1.82) is 0 Å². The summed E-state index contributed by atoms with van der Waals surface area (Å²) in [4.78, 5) is 0.0618. The standard InChI is InChI=1S/C13H13N3O4S/c1-9-5-7-10(8-6-9)21(17,18)20-15-12-4-2-3-11-13(12)16-19-14-11/h5-8H,2-4H2,1H3/b15-12-. The fourth-order valence-electron chi connectivity index (χ4n) is 2.06. The van der Waals surface area contributed by atoms with E-state index in [4.69, 9.17) is 4.28 Å². The van der Waals surface area contributed by atoms with Crippen molar-refractivity contribution in [3.05, 3.63) is 41.2 Å². The third-order valence-corrected chi connectivity index (χ3v) is 4.33. The molecule has 3 rings (SSSR count). The number of oxime groups is 1. The molecule has 0 spiro atoms. The molecule has 1 aliphatic carbocycles. The highest BCUT2D eigenvalue weighted by Crippen LogP contribution is 2.20. The Morgan fingerprint density at radius 3 is 2.71 bits per heavy atom. The Bertz CT molecular complexity index is 778. The summed E-state index contributed by atoms with van der Waals surface area (Å²) in [5.41, 5.74) is 2.55. The van der Waals surface area contributed by atoms with Gasteiger partial charge in [-0.1, -0.05) is 28.0 Å². The van der Waals surface area contributed by atoms with Crippen LogP contribution in [-0.2, 0) is 20.8 Å². The number of aromatic nitrogens is 2. The van der Waals surface area contributed by atoms with Crippen LogP contribution in [0.5, 0.6) is 0 Å². The van der Waals surface area contributed by atoms with Crippen LogP contribution in [0.4, 0.5) is 0 Å². The molecule has 0 unspecified atom stereocenters. The molecule has 0 N–H and O–H groups in total. The first kappa shape index (κ1) is 13.7. The van der Waals surface area contributed by atoms with E-state index >= 15 is 0 Å². The first-order valence-corrected chi connectivity index (χ1v) is 7.86. The van der Waals surface area contributed by atoms with Gasteiger partial charge in [-0.25, -0.2) is 4.63 Å². The van der Waals surface area contributed by atoms with Crippen LogP contribution in [0.3, 0.4) is 0 Å². The lowest BCUT2D eigenvalue weighted by Crippen LogP contribution is -2.13. The Labute approximate surface area is 121 Å². The van der Waals surface area contributed by atoms with E-state index in [0.717, 1.165) is 18.4 Å². The lowest BCUT2D eigenvalue weighted by Gasteiger charge is -2.09. The summed E-state index contributed by atoms with van der Waals surface area (Å²) >= 11 is 0. The number of fused-ring (bicyclic) bond motifs is 1. The highest BCUT2D eigenvalue weighted by Gasteiger charge is 2.23. The average Bonchev–Trinajstić information content (AvgIpc) is 2.94. The SMILES string of the molecule is Cc1ccc(S(=O)(=O)O/N=C2/CCCc3nonc32)cc1. The maximum absolute atomic E-state index is 12.0. The van der Waals surface area contributed by atoms with Gasteiger partial charge in [0.15, 0.2) is 5.69 Å². The summed E-state index contributed by atoms with van der Waals surface area (Å²) in [6.07, 6.45) is 2.11. The van der Waals surface area contributed by atoms with Crippen molar-refractivity contribution in [2.75, 3.05) is 0 Å². The molecule has 0 saturated carbocycles. The summed E-state index contributed by atoms with van der Waals surface area (Å²) < 4.78 is 33.5. The minimum absolute atomic E-state index is 0.0618. The van der Waals surface area contributed by atoms with Crippen LogP contribution in [0.25, 0.3) is 0 Å². The van der Waals surface area contributed by atoms with E-state index < -0.39 is 10.1 Å². The molecule has 21 heavy (non-hydrogen) atoms. The van der Waals surface area contributed by atoms with Gasteiger partial charge < -0.3 is 0 Å². The lowest BCUT2D eigenvalue weighted by atomic mass is 9.99. The lowest BCUT2D eigenvalue weighted by molar-refractivity contribution is 0.302. The number of rotatable bonds is 3.